The maximum Gasteiger partial charge on any atom is 0.328 e. The molecule has 0 atom stereocenters. The van der Waals surface area contributed by atoms with Crippen molar-refractivity contribution in [2.75, 3.05) is 7.11 Å². The van der Waals surface area contributed by atoms with Gasteiger partial charge in [0, 0.05) is 11.6 Å². The van der Waals surface area contributed by atoms with Gasteiger partial charge in [-0.25, -0.2) is 4.79 Å². The summed E-state index contributed by atoms with van der Waals surface area (Å²) in [5.41, 5.74) is 0.523. The molecule has 2 N–H and O–H groups in total. The van der Waals surface area contributed by atoms with Gasteiger partial charge in [-0.1, -0.05) is 0 Å². The molecule has 0 heterocycles. The Labute approximate surface area is 81.1 Å². The van der Waals surface area contributed by atoms with E-state index in [1.54, 1.807) is 6.07 Å². The van der Waals surface area contributed by atoms with E-state index in [-0.39, 0.29) is 5.75 Å². The Morgan fingerprint density at radius 3 is 2.79 bits per heavy atom. The zero-order valence-electron chi connectivity index (χ0n) is 7.60. The number of benzene rings is 1. The molecule has 0 amide bonds. The predicted molar refractivity (Wildman–Crippen MR) is 51.3 cm³/mol. The highest BCUT2D eigenvalue weighted by Crippen LogP contribution is 2.24. The van der Waals surface area contributed by atoms with Crippen molar-refractivity contribution in [3.8, 4) is 11.5 Å². The van der Waals surface area contributed by atoms with Gasteiger partial charge in [0.1, 0.15) is 11.5 Å². The Hall–Kier alpha value is -1.97. The van der Waals surface area contributed by atoms with Gasteiger partial charge in [-0.05, 0) is 24.3 Å². The largest absolute Gasteiger partial charge is 0.508 e. The van der Waals surface area contributed by atoms with Crippen molar-refractivity contribution in [2.45, 2.75) is 0 Å². The summed E-state index contributed by atoms with van der Waals surface area (Å²) in [6.07, 6.45) is 2.35. The summed E-state index contributed by atoms with van der Waals surface area (Å²) < 4.78 is 4.98. The number of ether oxygens (including phenoxy) is 1. The number of carboxylic acids is 1. The summed E-state index contributed by atoms with van der Waals surface area (Å²) in [6.45, 7) is 0. The van der Waals surface area contributed by atoms with Crippen LogP contribution in [0.25, 0.3) is 6.08 Å². The van der Waals surface area contributed by atoms with E-state index in [2.05, 4.69) is 0 Å². The number of hydrogen-bond donors (Lipinski definition) is 2. The SMILES string of the molecule is COc1ccc(O)cc1/C=C/C(=O)O. The van der Waals surface area contributed by atoms with Crippen molar-refractivity contribution in [3.05, 3.63) is 29.8 Å². The van der Waals surface area contributed by atoms with Gasteiger partial charge in [-0.15, -0.1) is 0 Å². The Bertz CT molecular complexity index is 368. The number of carboxylic acid groups (broad SMARTS) is 1. The highest BCUT2D eigenvalue weighted by atomic mass is 16.5. The molecule has 1 rings (SSSR count). The fraction of sp³-hybridized carbons (Fsp3) is 0.100. The first-order chi connectivity index (χ1) is 6.63. The van der Waals surface area contributed by atoms with E-state index in [9.17, 15) is 4.79 Å². The Kier molecular flexibility index (Phi) is 3.12. The molecular weight excluding hydrogens is 184 g/mol. The van der Waals surface area contributed by atoms with Crippen LogP contribution in [0.4, 0.5) is 0 Å². The molecule has 0 aromatic heterocycles. The molecule has 1 aromatic rings. The van der Waals surface area contributed by atoms with Gasteiger partial charge in [-0.3, -0.25) is 0 Å². The molecule has 0 saturated heterocycles. The van der Waals surface area contributed by atoms with Crippen LogP contribution in [0.3, 0.4) is 0 Å². The average Bonchev–Trinajstić information content (AvgIpc) is 2.15. The second-order valence-electron chi connectivity index (χ2n) is 2.60. The smallest absolute Gasteiger partial charge is 0.328 e. The lowest BCUT2D eigenvalue weighted by atomic mass is 10.2. The maximum atomic E-state index is 10.3. The number of aliphatic carboxylic acids is 1. The number of phenolic OH excluding ortho intramolecular Hbond substituents is 1. The van der Waals surface area contributed by atoms with Crippen LogP contribution in [-0.4, -0.2) is 23.3 Å². The lowest BCUT2D eigenvalue weighted by molar-refractivity contribution is -0.131. The quantitative estimate of drug-likeness (QED) is 0.715. The Morgan fingerprint density at radius 1 is 1.50 bits per heavy atom. The molecular formula is C10H10O4. The third-order valence-electron chi connectivity index (χ3n) is 1.62. The molecule has 4 nitrogen and oxygen atoms in total. The predicted octanol–water partition coefficient (Wildman–Crippen LogP) is 1.50. The van der Waals surface area contributed by atoms with Crippen molar-refractivity contribution in [1.29, 1.82) is 0 Å². The van der Waals surface area contributed by atoms with Crippen LogP contribution in [0, 0.1) is 0 Å². The van der Waals surface area contributed by atoms with E-state index >= 15 is 0 Å². The van der Waals surface area contributed by atoms with E-state index in [1.807, 2.05) is 0 Å². The van der Waals surface area contributed by atoms with Crippen LogP contribution >= 0.6 is 0 Å². The minimum Gasteiger partial charge on any atom is -0.508 e. The fourth-order valence-electron chi connectivity index (χ4n) is 1.01. The van der Waals surface area contributed by atoms with Crippen LogP contribution in [0.1, 0.15) is 5.56 Å². The normalized spacial score (nSPS) is 10.4. The van der Waals surface area contributed by atoms with Crippen molar-refractivity contribution in [3.63, 3.8) is 0 Å². The lowest BCUT2D eigenvalue weighted by Crippen LogP contribution is -1.89. The summed E-state index contributed by atoms with van der Waals surface area (Å²) in [5, 5.41) is 17.6. The molecule has 14 heavy (non-hydrogen) atoms. The van der Waals surface area contributed by atoms with E-state index in [1.165, 1.54) is 25.3 Å². The number of rotatable bonds is 3. The zero-order chi connectivity index (χ0) is 10.6. The van der Waals surface area contributed by atoms with Crippen LogP contribution in [0.15, 0.2) is 24.3 Å². The first-order valence-electron chi connectivity index (χ1n) is 3.91. The molecule has 0 fully saturated rings. The minimum absolute atomic E-state index is 0.0656. The van der Waals surface area contributed by atoms with Crippen molar-refractivity contribution in [1.82, 2.24) is 0 Å². The molecule has 0 aliphatic heterocycles. The standard InChI is InChI=1S/C10H10O4/c1-14-9-4-3-8(11)6-7(9)2-5-10(12)13/h2-6,11H,1H3,(H,12,13)/b5-2+. The topological polar surface area (TPSA) is 66.8 Å². The monoisotopic (exact) mass is 194 g/mol. The van der Waals surface area contributed by atoms with Gasteiger partial charge in [0.05, 0.1) is 7.11 Å². The molecule has 1 aromatic carbocycles. The number of phenols is 1. The molecule has 0 spiro atoms. The molecule has 74 valence electrons. The molecule has 0 bridgehead atoms. The van der Waals surface area contributed by atoms with Crippen LogP contribution < -0.4 is 4.74 Å². The number of aromatic hydroxyl groups is 1. The number of carbonyl (C=O) groups is 1. The average molecular weight is 194 g/mol. The summed E-state index contributed by atoms with van der Waals surface area (Å²) in [4.78, 5) is 10.3. The molecule has 4 heteroatoms. The zero-order valence-corrected chi connectivity index (χ0v) is 7.60. The van der Waals surface area contributed by atoms with Gasteiger partial charge < -0.3 is 14.9 Å². The first-order valence-corrected chi connectivity index (χ1v) is 3.91. The van der Waals surface area contributed by atoms with Crippen molar-refractivity contribution in [2.24, 2.45) is 0 Å². The van der Waals surface area contributed by atoms with Crippen LogP contribution in [0.5, 0.6) is 11.5 Å². The maximum absolute atomic E-state index is 10.3. The highest BCUT2D eigenvalue weighted by Gasteiger charge is 2.00. The summed E-state index contributed by atoms with van der Waals surface area (Å²) in [6, 6.07) is 4.46. The van der Waals surface area contributed by atoms with Crippen molar-refractivity contribution < 1.29 is 19.7 Å². The first kappa shape index (κ1) is 10.1. The van der Waals surface area contributed by atoms with Gasteiger partial charge in [0.15, 0.2) is 0 Å². The molecule has 0 aliphatic rings. The third kappa shape index (κ3) is 2.52. The second kappa shape index (κ2) is 4.32. The Balaban J connectivity index is 3.04. The van der Waals surface area contributed by atoms with Gasteiger partial charge in [-0.2, -0.15) is 0 Å². The minimum atomic E-state index is -1.05. The van der Waals surface area contributed by atoms with E-state index in [0.29, 0.717) is 11.3 Å². The van der Waals surface area contributed by atoms with Gasteiger partial charge in [0.2, 0.25) is 0 Å². The van der Waals surface area contributed by atoms with Crippen molar-refractivity contribution >= 4 is 12.0 Å². The summed E-state index contributed by atoms with van der Waals surface area (Å²) in [5.74, 6) is -0.466. The number of hydrogen-bond acceptors (Lipinski definition) is 3. The van der Waals surface area contributed by atoms with Gasteiger partial charge >= 0.3 is 5.97 Å². The molecule has 0 saturated carbocycles. The number of methoxy groups -OCH3 is 1. The van der Waals surface area contributed by atoms with E-state index < -0.39 is 5.97 Å². The van der Waals surface area contributed by atoms with E-state index in [0.717, 1.165) is 6.08 Å². The Morgan fingerprint density at radius 2 is 2.21 bits per heavy atom. The third-order valence-corrected chi connectivity index (χ3v) is 1.62. The van der Waals surface area contributed by atoms with Crippen LogP contribution in [-0.2, 0) is 4.79 Å². The summed E-state index contributed by atoms with van der Waals surface area (Å²) >= 11 is 0. The van der Waals surface area contributed by atoms with Gasteiger partial charge in [0.25, 0.3) is 0 Å². The molecule has 0 unspecified atom stereocenters. The van der Waals surface area contributed by atoms with E-state index in [4.69, 9.17) is 14.9 Å². The molecule has 0 radical (unpaired) electrons. The molecule has 0 aliphatic carbocycles. The van der Waals surface area contributed by atoms with Crippen LogP contribution in [0.2, 0.25) is 0 Å². The second-order valence-corrected chi connectivity index (χ2v) is 2.60. The lowest BCUT2D eigenvalue weighted by Gasteiger charge is -2.04. The fourth-order valence-corrected chi connectivity index (χ4v) is 1.01. The highest BCUT2D eigenvalue weighted by molar-refractivity contribution is 5.86. The summed E-state index contributed by atoms with van der Waals surface area (Å²) in [7, 11) is 1.48.